The van der Waals surface area contributed by atoms with Gasteiger partial charge in [0.25, 0.3) is 0 Å². The van der Waals surface area contributed by atoms with E-state index < -0.39 is 0 Å². The van der Waals surface area contributed by atoms with Crippen molar-refractivity contribution in [2.45, 2.75) is 22.3 Å². The van der Waals surface area contributed by atoms with Gasteiger partial charge in [-0.15, -0.1) is 0 Å². The Morgan fingerprint density at radius 1 is 0.760 bits per heavy atom. The Hall–Kier alpha value is -2.30. The number of anilines is 2. The number of para-hydroxylation sites is 2. The van der Waals surface area contributed by atoms with Gasteiger partial charge in [0.2, 0.25) is 0 Å². The highest BCUT2D eigenvalue weighted by atomic mass is 32.2. The molecule has 3 aromatic rings. The Morgan fingerprint density at radius 3 is 2.16 bits per heavy atom. The first-order valence-corrected chi connectivity index (χ1v) is 9.49. The highest BCUT2D eigenvalue weighted by Crippen LogP contribution is 2.34. The van der Waals surface area contributed by atoms with Gasteiger partial charge in [0.15, 0.2) is 0 Å². The van der Waals surface area contributed by atoms with Crippen LogP contribution >= 0.6 is 24.0 Å². The summed E-state index contributed by atoms with van der Waals surface area (Å²) >= 11 is 7.28. The van der Waals surface area contributed by atoms with Crippen LogP contribution in [0.3, 0.4) is 0 Å². The SMILES string of the molecule is S=C1CC(c2ccc(Sc3ccccc3)cc2)Nc2ccccc2N1. The van der Waals surface area contributed by atoms with Gasteiger partial charge in [-0.05, 0) is 42.0 Å². The molecule has 0 saturated carbocycles. The van der Waals surface area contributed by atoms with E-state index in [9.17, 15) is 0 Å². The van der Waals surface area contributed by atoms with Crippen LogP contribution in [0.2, 0.25) is 0 Å². The molecule has 2 N–H and O–H groups in total. The van der Waals surface area contributed by atoms with Crippen molar-refractivity contribution >= 4 is 40.3 Å². The average Bonchev–Trinajstić information content (AvgIpc) is 2.81. The maximum atomic E-state index is 5.50. The van der Waals surface area contributed by atoms with Crippen LogP contribution in [0, 0.1) is 0 Å². The van der Waals surface area contributed by atoms with E-state index in [4.69, 9.17) is 12.2 Å². The minimum atomic E-state index is 0.180. The lowest BCUT2D eigenvalue weighted by Crippen LogP contribution is -2.14. The minimum Gasteiger partial charge on any atom is -0.376 e. The standard InChI is InChI=1S/C21H18N2S2/c24-21-14-20(22-18-8-4-5-9-19(18)23-21)15-10-12-17(13-11-15)25-16-6-2-1-3-7-16/h1-13,20,22H,14H2,(H,23,24). The molecule has 0 fully saturated rings. The Bertz CT molecular complexity index is 876. The van der Waals surface area contributed by atoms with Crippen LogP contribution in [0.5, 0.6) is 0 Å². The molecular formula is C21H18N2S2. The molecule has 0 spiro atoms. The lowest BCUT2D eigenvalue weighted by atomic mass is 10.0. The zero-order valence-corrected chi connectivity index (χ0v) is 15.2. The molecule has 0 aromatic heterocycles. The second-order valence-electron chi connectivity index (χ2n) is 5.98. The van der Waals surface area contributed by atoms with E-state index in [1.165, 1.54) is 15.4 Å². The van der Waals surface area contributed by atoms with Gasteiger partial charge in [0.05, 0.1) is 22.4 Å². The Morgan fingerprint density at radius 2 is 1.40 bits per heavy atom. The highest BCUT2D eigenvalue weighted by Gasteiger charge is 2.19. The van der Waals surface area contributed by atoms with Crippen LogP contribution in [0.1, 0.15) is 18.0 Å². The number of nitrogens with one attached hydrogen (secondary N) is 2. The average molecular weight is 363 g/mol. The zero-order valence-electron chi connectivity index (χ0n) is 13.6. The van der Waals surface area contributed by atoms with E-state index >= 15 is 0 Å². The third kappa shape index (κ3) is 3.86. The van der Waals surface area contributed by atoms with Crippen LogP contribution in [-0.4, -0.2) is 4.99 Å². The molecule has 1 aliphatic rings. The molecule has 4 heteroatoms. The highest BCUT2D eigenvalue weighted by molar-refractivity contribution is 7.99. The Balaban J connectivity index is 1.54. The fraction of sp³-hybridized carbons (Fsp3) is 0.0952. The van der Waals surface area contributed by atoms with Crippen LogP contribution in [0.15, 0.2) is 88.7 Å². The van der Waals surface area contributed by atoms with Crippen molar-refractivity contribution in [3.63, 3.8) is 0 Å². The molecule has 25 heavy (non-hydrogen) atoms. The first-order valence-electron chi connectivity index (χ1n) is 8.26. The maximum Gasteiger partial charge on any atom is 0.0821 e. The molecule has 124 valence electrons. The van der Waals surface area contributed by atoms with Gasteiger partial charge in [0.1, 0.15) is 0 Å². The smallest absolute Gasteiger partial charge is 0.0821 e. The Labute approximate surface area is 157 Å². The summed E-state index contributed by atoms with van der Waals surface area (Å²) in [4.78, 5) is 3.36. The third-order valence-electron chi connectivity index (χ3n) is 4.18. The Kier molecular flexibility index (Phi) is 4.72. The molecule has 1 heterocycles. The summed E-state index contributed by atoms with van der Waals surface area (Å²) in [6, 6.07) is 27.6. The van der Waals surface area contributed by atoms with E-state index in [0.717, 1.165) is 22.8 Å². The van der Waals surface area contributed by atoms with E-state index in [0.29, 0.717) is 0 Å². The molecular weight excluding hydrogens is 344 g/mol. The molecule has 1 aliphatic heterocycles. The van der Waals surface area contributed by atoms with Gasteiger partial charge >= 0.3 is 0 Å². The molecule has 3 aromatic carbocycles. The molecule has 0 saturated heterocycles. The summed E-state index contributed by atoms with van der Waals surface area (Å²) in [5, 5.41) is 6.95. The number of rotatable bonds is 3. The van der Waals surface area contributed by atoms with Crippen molar-refractivity contribution in [3.05, 3.63) is 84.4 Å². The summed E-state index contributed by atoms with van der Waals surface area (Å²) in [6.07, 6.45) is 0.787. The van der Waals surface area contributed by atoms with Crippen molar-refractivity contribution < 1.29 is 0 Å². The molecule has 0 radical (unpaired) electrons. The molecule has 2 nitrogen and oxygen atoms in total. The number of thiocarbonyl (C=S) groups is 1. The van der Waals surface area contributed by atoms with Gasteiger partial charge in [-0.3, -0.25) is 0 Å². The fourth-order valence-corrected chi connectivity index (χ4v) is 4.05. The second-order valence-corrected chi connectivity index (χ2v) is 7.62. The van der Waals surface area contributed by atoms with Crippen LogP contribution in [0.25, 0.3) is 0 Å². The van der Waals surface area contributed by atoms with Crippen LogP contribution in [-0.2, 0) is 0 Å². The van der Waals surface area contributed by atoms with E-state index in [2.05, 4.69) is 71.3 Å². The van der Waals surface area contributed by atoms with Crippen LogP contribution < -0.4 is 10.6 Å². The van der Waals surface area contributed by atoms with Gasteiger partial charge in [-0.25, -0.2) is 0 Å². The van der Waals surface area contributed by atoms with Crippen molar-refractivity contribution in [1.82, 2.24) is 0 Å². The van der Waals surface area contributed by atoms with Gasteiger partial charge in [-0.1, -0.05) is 66.4 Å². The second kappa shape index (κ2) is 7.30. The first kappa shape index (κ1) is 16.2. The van der Waals surface area contributed by atoms with Crippen molar-refractivity contribution in [2.24, 2.45) is 0 Å². The molecule has 0 bridgehead atoms. The number of fused-ring (bicyclic) bond motifs is 1. The fourth-order valence-electron chi connectivity index (χ4n) is 2.94. The number of hydrogen-bond acceptors (Lipinski definition) is 3. The van der Waals surface area contributed by atoms with Crippen molar-refractivity contribution in [1.29, 1.82) is 0 Å². The lowest BCUT2D eigenvalue weighted by molar-refractivity contribution is 0.832. The summed E-state index contributed by atoms with van der Waals surface area (Å²) in [6.45, 7) is 0. The zero-order chi connectivity index (χ0) is 17.1. The number of hydrogen-bond donors (Lipinski definition) is 2. The topological polar surface area (TPSA) is 24.1 Å². The van der Waals surface area contributed by atoms with E-state index in [-0.39, 0.29) is 6.04 Å². The first-order chi connectivity index (χ1) is 12.3. The summed E-state index contributed by atoms with van der Waals surface area (Å²) in [5.41, 5.74) is 3.39. The molecule has 1 unspecified atom stereocenters. The molecule has 0 amide bonds. The summed E-state index contributed by atoms with van der Waals surface area (Å²) in [7, 11) is 0. The largest absolute Gasteiger partial charge is 0.376 e. The molecule has 1 atom stereocenters. The van der Waals surface area contributed by atoms with Gasteiger partial charge < -0.3 is 10.6 Å². The lowest BCUT2D eigenvalue weighted by Gasteiger charge is -2.18. The van der Waals surface area contributed by atoms with Crippen LogP contribution in [0.4, 0.5) is 11.4 Å². The maximum absolute atomic E-state index is 5.50. The minimum absolute atomic E-state index is 0.180. The van der Waals surface area contributed by atoms with Crippen molar-refractivity contribution in [3.8, 4) is 0 Å². The number of benzene rings is 3. The molecule has 0 aliphatic carbocycles. The summed E-state index contributed by atoms with van der Waals surface area (Å²) < 4.78 is 0. The molecule has 4 rings (SSSR count). The predicted octanol–water partition coefficient (Wildman–Crippen LogP) is 6.13. The van der Waals surface area contributed by atoms with Gasteiger partial charge in [-0.2, -0.15) is 0 Å². The third-order valence-corrected chi connectivity index (χ3v) is 5.47. The van der Waals surface area contributed by atoms with E-state index in [1.54, 1.807) is 11.8 Å². The summed E-state index contributed by atoms with van der Waals surface area (Å²) in [5.74, 6) is 0. The van der Waals surface area contributed by atoms with E-state index in [1.807, 2.05) is 18.2 Å². The van der Waals surface area contributed by atoms with Crippen molar-refractivity contribution in [2.75, 3.05) is 10.6 Å². The normalized spacial score (nSPS) is 16.3. The van der Waals surface area contributed by atoms with Gasteiger partial charge in [0, 0.05) is 16.2 Å². The predicted molar refractivity (Wildman–Crippen MR) is 111 cm³/mol. The monoisotopic (exact) mass is 362 g/mol. The quantitative estimate of drug-likeness (QED) is 0.547.